The molecule has 3 heteroatoms. The zero-order chi connectivity index (χ0) is 13.8. The largest absolute Gasteiger partial charge is 0.342 e. The third kappa shape index (κ3) is 2.73. The normalized spacial score (nSPS) is 11.1. The zero-order valence-corrected chi connectivity index (χ0v) is 11.5. The second-order valence-corrected chi connectivity index (χ2v) is 5.04. The van der Waals surface area contributed by atoms with Crippen molar-refractivity contribution < 1.29 is 0 Å². The molecule has 1 aromatic heterocycles. The molecule has 102 valence electrons. The number of hydrogen-bond donors (Lipinski definition) is 2. The zero-order valence-electron chi connectivity index (χ0n) is 11.5. The van der Waals surface area contributed by atoms with Crippen LogP contribution in [-0.2, 0) is 19.4 Å². The van der Waals surface area contributed by atoms with Gasteiger partial charge in [-0.1, -0.05) is 42.5 Å². The van der Waals surface area contributed by atoms with Crippen LogP contribution < -0.4 is 5.73 Å². The Morgan fingerprint density at radius 1 is 0.950 bits per heavy atom. The molecule has 20 heavy (non-hydrogen) atoms. The Bertz CT molecular complexity index is 686. The van der Waals surface area contributed by atoms with Gasteiger partial charge in [0, 0.05) is 13.0 Å². The molecule has 0 saturated heterocycles. The summed E-state index contributed by atoms with van der Waals surface area (Å²) in [6.07, 6.45) is 3.15. The lowest BCUT2D eigenvalue weighted by atomic mass is 10.1. The molecule has 3 N–H and O–H groups in total. The molecule has 0 atom stereocenters. The van der Waals surface area contributed by atoms with Gasteiger partial charge in [0.15, 0.2) is 0 Å². The molecule has 0 fully saturated rings. The fourth-order valence-electron chi connectivity index (χ4n) is 2.53. The van der Waals surface area contributed by atoms with E-state index in [0.717, 1.165) is 41.7 Å². The van der Waals surface area contributed by atoms with Gasteiger partial charge in [-0.25, -0.2) is 4.98 Å². The van der Waals surface area contributed by atoms with E-state index in [0.29, 0.717) is 6.54 Å². The lowest BCUT2D eigenvalue weighted by Crippen LogP contribution is -1.96. The number of benzene rings is 2. The van der Waals surface area contributed by atoms with Crippen LogP contribution in [0, 0.1) is 0 Å². The van der Waals surface area contributed by atoms with Gasteiger partial charge in [0.25, 0.3) is 0 Å². The van der Waals surface area contributed by atoms with Gasteiger partial charge >= 0.3 is 0 Å². The van der Waals surface area contributed by atoms with E-state index in [1.807, 2.05) is 12.1 Å². The lowest BCUT2D eigenvalue weighted by molar-refractivity contribution is 0.785. The lowest BCUT2D eigenvalue weighted by Gasteiger charge is -1.99. The summed E-state index contributed by atoms with van der Waals surface area (Å²) in [6, 6.07) is 16.7. The first kappa shape index (κ1) is 12.9. The molecule has 0 amide bonds. The molecule has 3 aromatic rings. The van der Waals surface area contributed by atoms with Gasteiger partial charge in [0.05, 0.1) is 11.0 Å². The number of aryl methyl sites for hydroxylation is 2. The predicted molar refractivity (Wildman–Crippen MR) is 82.5 cm³/mol. The van der Waals surface area contributed by atoms with Crippen LogP contribution in [0.2, 0.25) is 0 Å². The maximum absolute atomic E-state index is 5.75. The fourth-order valence-corrected chi connectivity index (χ4v) is 2.53. The average molecular weight is 265 g/mol. The van der Waals surface area contributed by atoms with E-state index >= 15 is 0 Å². The molecule has 1 heterocycles. The Morgan fingerprint density at radius 3 is 2.60 bits per heavy atom. The summed E-state index contributed by atoms with van der Waals surface area (Å²) in [5, 5.41) is 0. The highest BCUT2D eigenvalue weighted by atomic mass is 14.9. The Labute approximate surface area is 118 Å². The standard InChI is InChI=1S/C17H19N3/c18-12-14-9-5-10-15-17(14)20-16(19-15)11-4-8-13-6-2-1-3-7-13/h1-3,5-7,9-10H,4,8,11-12,18H2,(H,19,20). The third-order valence-corrected chi connectivity index (χ3v) is 3.59. The van der Waals surface area contributed by atoms with Crippen molar-refractivity contribution in [2.75, 3.05) is 0 Å². The number of nitrogens with zero attached hydrogens (tertiary/aromatic N) is 1. The molecule has 0 aliphatic rings. The van der Waals surface area contributed by atoms with E-state index in [2.05, 4.69) is 46.4 Å². The monoisotopic (exact) mass is 265 g/mol. The van der Waals surface area contributed by atoms with Gasteiger partial charge in [-0.15, -0.1) is 0 Å². The van der Waals surface area contributed by atoms with E-state index in [1.54, 1.807) is 0 Å². The first-order valence-electron chi connectivity index (χ1n) is 7.07. The molecule has 0 aliphatic carbocycles. The molecule has 2 aromatic carbocycles. The number of aromatic nitrogens is 2. The highest BCUT2D eigenvalue weighted by Crippen LogP contribution is 2.17. The summed E-state index contributed by atoms with van der Waals surface area (Å²) in [7, 11) is 0. The average Bonchev–Trinajstić information content (AvgIpc) is 2.91. The molecule has 0 spiro atoms. The summed E-state index contributed by atoms with van der Waals surface area (Å²) < 4.78 is 0. The topological polar surface area (TPSA) is 54.7 Å². The molecule has 0 bridgehead atoms. The highest BCUT2D eigenvalue weighted by Gasteiger charge is 2.06. The van der Waals surface area contributed by atoms with Crippen molar-refractivity contribution >= 4 is 11.0 Å². The minimum absolute atomic E-state index is 0.533. The van der Waals surface area contributed by atoms with Gasteiger partial charge in [0.2, 0.25) is 0 Å². The van der Waals surface area contributed by atoms with Crippen molar-refractivity contribution in [1.29, 1.82) is 0 Å². The van der Waals surface area contributed by atoms with E-state index in [1.165, 1.54) is 5.56 Å². The minimum atomic E-state index is 0.533. The molecule has 0 unspecified atom stereocenters. The smallest absolute Gasteiger partial charge is 0.107 e. The third-order valence-electron chi connectivity index (χ3n) is 3.59. The first-order valence-corrected chi connectivity index (χ1v) is 7.07. The Morgan fingerprint density at radius 2 is 1.80 bits per heavy atom. The van der Waals surface area contributed by atoms with Crippen molar-refractivity contribution in [3.63, 3.8) is 0 Å². The van der Waals surface area contributed by atoms with E-state index in [9.17, 15) is 0 Å². The van der Waals surface area contributed by atoms with Crippen LogP contribution in [0.3, 0.4) is 0 Å². The van der Waals surface area contributed by atoms with Gasteiger partial charge in [-0.2, -0.15) is 0 Å². The number of hydrogen-bond acceptors (Lipinski definition) is 2. The van der Waals surface area contributed by atoms with E-state index in [-0.39, 0.29) is 0 Å². The summed E-state index contributed by atoms with van der Waals surface area (Å²) >= 11 is 0. The van der Waals surface area contributed by atoms with Crippen LogP contribution in [0.5, 0.6) is 0 Å². The van der Waals surface area contributed by atoms with Gasteiger partial charge < -0.3 is 10.7 Å². The number of fused-ring (bicyclic) bond motifs is 1. The number of para-hydroxylation sites is 1. The van der Waals surface area contributed by atoms with E-state index < -0.39 is 0 Å². The number of H-pyrrole nitrogens is 1. The van der Waals surface area contributed by atoms with Crippen LogP contribution >= 0.6 is 0 Å². The van der Waals surface area contributed by atoms with Crippen LogP contribution in [-0.4, -0.2) is 9.97 Å². The SMILES string of the molecule is NCc1cccc2[nH]c(CCCc3ccccc3)nc12. The minimum Gasteiger partial charge on any atom is -0.342 e. The summed E-state index contributed by atoms with van der Waals surface area (Å²) in [6.45, 7) is 0.533. The summed E-state index contributed by atoms with van der Waals surface area (Å²) in [4.78, 5) is 8.07. The van der Waals surface area contributed by atoms with Crippen molar-refractivity contribution in [3.05, 3.63) is 65.5 Å². The molecule has 3 nitrogen and oxygen atoms in total. The van der Waals surface area contributed by atoms with Crippen LogP contribution in [0.4, 0.5) is 0 Å². The number of rotatable bonds is 5. The van der Waals surface area contributed by atoms with Crippen molar-refractivity contribution in [2.45, 2.75) is 25.8 Å². The van der Waals surface area contributed by atoms with Crippen LogP contribution in [0.25, 0.3) is 11.0 Å². The van der Waals surface area contributed by atoms with Crippen LogP contribution in [0.15, 0.2) is 48.5 Å². The number of nitrogens with two attached hydrogens (primary N) is 1. The maximum atomic E-state index is 5.75. The maximum Gasteiger partial charge on any atom is 0.107 e. The molecule has 3 rings (SSSR count). The summed E-state index contributed by atoms with van der Waals surface area (Å²) in [5.74, 6) is 1.05. The molecule has 0 aliphatic heterocycles. The molecular formula is C17H19N3. The second kappa shape index (κ2) is 5.88. The Kier molecular flexibility index (Phi) is 3.79. The molecular weight excluding hydrogens is 246 g/mol. The van der Waals surface area contributed by atoms with Gasteiger partial charge in [-0.3, -0.25) is 0 Å². The highest BCUT2D eigenvalue weighted by molar-refractivity contribution is 5.78. The quantitative estimate of drug-likeness (QED) is 0.744. The number of nitrogens with one attached hydrogen (secondary N) is 1. The Hall–Kier alpha value is -2.13. The number of aromatic amines is 1. The molecule has 0 radical (unpaired) electrons. The second-order valence-electron chi connectivity index (χ2n) is 5.04. The van der Waals surface area contributed by atoms with Crippen molar-refractivity contribution in [1.82, 2.24) is 9.97 Å². The summed E-state index contributed by atoms with van der Waals surface area (Å²) in [5.41, 5.74) is 10.3. The molecule has 0 saturated carbocycles. The van der Waals surface area contributed by atoms with Crippen LogP contribution in [0.1, 0.15) is 23.4 Å². The fraction of sp³-hybridized carbons (Fsp3) is 0.235. The van der Waals surface area contributed by atoms with Gasteiger partial charge in [-0.05, 0) is 30.0 Å². The van der Waals surface area contributed by atoms with Gasteiger partial charge in [0.1, 0.15) is 5.82 Å². The Balaban J connectivity index is 1.69. The number of imidazole rings is 1. The van der Waals surface area contributed by atoms with E-state index in [4.69, 9.17) is 5.73 Å². The van der Waals surface area contributed by atoms with Crippen molar-refractivity contribution in [2.24, 2.45) is 5.73 Å². The van der Waals surface area contributed by atoms with Crippen molar-refractivity contribution in [3.8, 4) is 0 Å². The predicted octanol–water partition coefficient (Wildman–Crippen LogP) is 3.20. The first-order chi connectivity index (χ1) is 9.86.